The highest BCUT2D eigenvalue weighted by molar-refractivity contribution is 6.01. The minimum absolute atomic E-state index is 0.0802. The monoisotopic (exact) mass is 282 g/mol. The summed E-state index contributed by atoms with van der Waals surface area (Å²) in [6.45, 7) is 2.00. The molecule has 0 radical (unpaired) electrons. The van der Waals surface area contributed by atoms with E-state index in [9.17, 15) is 4.79 Å². The third-order valence-corrected chi connectivity index (χ3v) is 3.82. The minimum atomic E-state index is -0.476. The summed E-state index contributed by atoms with van der Waals surface area (Å²) in [6, 6.07) is 13.1. The highest BCUT2D eigenvalue weighted by atomic mass is 16.5. The van der Waals surface area contributed by atoms with Gasteiger partial charge in [-0.3, -0.25) is 4.79 Å². The molecule has 0 saturated heterocycles. The summed E-state index contributed by atoms with van der Waals surface area (Å²) in [5.74, 6) is 1.40. The first kappa shape index (κ1) is 13.6. The van der Waals surface area contributed by atoms with E-state index >= 15 is 0 Å². The van der Waals surface area contributed by atoms with E-state index in [4.69, 9.17) is 10.5 Å². The number of hydrogen-bond donors (Lipinski definition) is 1. The highest BCUT2D eigenvalue weighted by Gasteiger charge is 2.30. The Hall–Kier alpha value is -2.33. The average molecular weight is 282 g/mol. The van der Waals surface area contributed by atoms with Crippen molar-refractivity contribution in [1.29, 1.82) is 0 Å². The molecule has 0 unspecified atom stereocenters. The average Bonchev–Trinajstić information content (AvgIpc) is 2.47. The van der Waals surface area contributed by atoms with E-state index in [1.54, 1.807) is 11.9 Å². The maximum absolute atomic E-state index is 12.1. The molecule has 0 spiro atoms. The highest BCUT2D eigenvalue weighted by Crippen LogP contribution is 2.38. The molecule has 1 aliphatic heterocycles. The summed E-state index contributed by atoms with van der Waals surface area (Å²) in [5, 5.41) is 0. The number of carbonyl (C=O) groups is 1. The zero-order valence-electron chi connectivity index (χ0n) is 12.2. The normalized spacial score (nSPS) is 17.6. The van der Waals surface area contributed by atoms with Crippen molar-refractivity contribution in [2.24, 2.45) is 5.73 Å². The van der Waals surface area contributed by atoms with Gasteiger partial charge in [-0.15, -0.1) is 0 Å². The summed E-state index contributed by atoms with van der Waals surface area (Å²) >= 11 is 0. The number of hydrogen-bond acceptors (Lipinski definition) is 3. The van der Waals surface area contributed by atoms with E-state index in [1.165, 1.54) is 0 Å². The molecule has 3 rings (SSSR count). The van der Waals surface area contributed by atoms with Gasteiger partial charge >= 0.3 is 0 Å². The summed E-state index contributed by atoms with van der Waals surface area (Å²) in [4.78, 5) is 13.7. The standard InChI is InChI=1S/C17H18N2O2/c1-11-6-3-4-8-14(11)21-15-9-5-7-12-10-13(18)17(20)19(2)16(12)15/h3-9,13H,10,18H2,1-2H3/t13-/m1/s1. The molecule has 0 bridgehead atoms. The molecule has 0 aromatic heterocycles. The molecule has 1 heterocycles. The molecule has 4 nitrogen and oxygen atoms in total. The van der Waals surface area contributed by atoms with Gasteiger partial charge in [0.2, 0.25) is 5.91 Å². The molecule has 0 saturated carbocycles. The van der Waals surface area contributed by atoms with Crippen molar-refractivity contribution in [3.63, 3.8) is 0 Å². The van der Waals surface area contributed by atoms with Crippen molar-refractivity contribution in [2.45, 2.75) is 19.4 Å². The molecular weight excluding hydrogens is 264 g/mol. The molecule has 1 atom stereocenters. The largest absolute Gasteiger partial charge is 0.455 e. The van der Waals surface area contributed by atoms with Gasteiger partial charge in [0.1, 0.15) is 5.75 Å². The molecule has 2 aromatic carbocycles. The molecule has 2 aromatic rings. The Bertz CT molecular complexity index is 697. The Morgan fingerprint density at radius 1 is 1.14 bits per heavy atom. The molecule has 21 heavy (non-hydrogen) atoms. The summed E-state index contributed by atoms with van der Waals surface area (Å²) < 4.78 is 6.03. The number of fused-ring (bicyclic) bond motifs is 1. The zero-order chi connectivity index (χ0) is 15.0. The first-order valence-electron chi connectivity index (χ1n) is 6.96. The first-order valence-corrected chi connectivity index (χ1v) is 6.96. The van der Waals surface area contributed by atoms with Gasteiger partial charge in [0, 0.05) is 7.05 Å². The van der Waals surface area contributed by atoms with Crippen LogP contribution in [0, 0.1) is 6.92 Å². The first-order chi connectivity index (χ1) is 10.1. The zero-order valence-corrected chi connectivity index (χ0v) is 12.2. The fourth-order valence-corrected chi connectivity index (χ4v) is 2.67. The van der Waals surface area contributed by atoms with Crippen LogP contribution in [0.2, 0.25) is 0 Å². The maximum Gasteiger partial charge on any atom is 0.244 e. The minimum Gasteiger partial charge on any atom is -0.455 e. The predicted octanol–water partition coefficient (Wildman–Crippen LogP) is 2.63. The van der Waals surface area contributed by atoms with E-state index < -0.39 is 6.04 Å². The number of anilines is 1. The van der Waals surface area contributed by atoms with Gasteiger partial charge in [-0.2, -0.15) is 0 Å². The third kappa shape index (κ3) is 2.38. The van der Waals surface area contributed by atoms with Crippen LogP contribution in [0.25, 0.3) is 0 Å². The van der Waals surface area contributed by atoms with Gasteiger partial charge in [0.25, 0.3) is 0 Å². The van der Waals surface area contributed by atoms with Crippen molar-refractivity contribution in [3.8, 4) is 11.5 Å². The second-order valence-electron chi connectivity index (χ2n) is 5.34. The van der Waals surface area contributed by atoms with Gasteiger partial charge in [-0.1, -0.05) is 30.3 Å². The van der Waals surface area contributed by atoms with Gasteiger partial charge in [0.15, 0.2) is 5.75 Å². The SMILES string of the molecule is Cc1ccccc1Oc1cccc2c1N(C)C(=O)[C@H](N)C2. The van der Waals surface area contributed by atoms with Gasteiger partial charge in [-0.25, -0.2) is 0 Å². The smallest absolute Gasteiger partial charge is 0.244 e. The molecule has 2 N–H and O–H groups in total. The number of aryl methyl sites for hydroxylation is 1. The molecule has 1 aliphatic rings. The summed E-state index contributed by atoms with van der Waals surface area (Å²) in [6.07, 6.45) is 0.545. The van der Waals surface area contributed by atoms with Crippen molar-refractivity contribution in [2.75, 3.05) is 11.9 Å². The van der Waals surface area contributed by atoms with E-state index in [0.717, 1.165) is 22.6 Å². The number of nitrogens with zero attached hydrogens (tertiary/aromatic N) is 1. The van der Waals surface area contributed by atoms with Crippen LogP contribution in [-0.4, -0.2) is 19.0 Å². The quantitative estimate of drug-likeness (QED) is 0.921. The van der Waals surface area contributed by atoms with Crippen molar-refractivity contribution < 1.29 is 9.53 Å². The number of carbonyl (C=O) groups excluding carboxylic acids is 1. The lowest BCUT2D eigenvalue weighted by molar-refractivity contribution is -0.119. The summed E-state index contributed by atoms with van der Waals surface area (Å²) in [5.41, 5.74) is 8.78. The fourth-order valence-electron chi connectivity index (χ4n) is 2.67. The lowest BCUT2D eigenvalue weighted by Crippen LogP contribution is -2.47. The van der Waals surface area contributed by atoms with Crippen molar-refractivity contribution >= 4 is 11.6 Å². The summed E-state index contributed by atoms with van der Waals surface area (Å²) in [7, 11) is 1.74. The number of ether oxygens (including phenoxy) is 1. The number of nitrogens with two attached hydrogens (primary N) is 1. The van der Waals surface area contributed by atoms with Crippen molar-refractivity contribution in [3.05, 3.63) is 53.6 Å². The van der Waals surface area contributed by atoms with Gasteiger partial charge in [0.05, 0.1) is 11.7 Å². The Labute approximate surface area is 124 Å². The van der Waals surface area contributed by atoms with E-state index in [0.29, 0.717) is 12.2 Å². The van der Waals surface area contributed by atoms with Crippen LogP contribution in [0.4, 0.5) is 5.69 Å². The lowest BCUT2D eigenvalue weighted by atomic mass is 9.97. The Morgan fingerprint density at radius 3 is 2.62 bits per heavy atom. The van der Waals surface area contributed by atoms with Crippen molar-refractivity contribution in [1.82, 2.24) is 0 Å². The second-order valence-corrected chi connectivity index (χ2v) is 5.34. The molecule has 1 amide bonds. The van der Waals surface area contributed by atoms with Crippen LogP contribution in [-0.2, 0) is 11.2 Å². The van der Waals surface area contributed by atoms with E-state index in [-0.39, 0.29) is 5.91 Å². The molecular formula is C17H18N2O2. The Kier molecular flexibility index (Phi) is 3.39. The maximum atomic E-state index is 12.1. The van der Waals surface area contributed by atoms with Gasteiger partial charge in [-0.05, 0) is 36.6 Å². The second kappa shape index (κ2) is 5.22. The predicted molar refractivity (Wildman–Crippen MR) is 82.8 cm³/mol. The molecule has 0 fully saturated rings. The number of likely N-dealkylation sites (N-methyl/N-ethyl adjacent to an activating group) is 1. The van der Waals surface area contributed by atoms with Gasteiger partial charge < -0.3 is 15.4 Å². The molecule has 4 heteroatoms. The van der Waals surface area contributed by atoms with E-state index in [1.807, 2.05) is 49.4 Å². The van der Waals surface area contributed by atoms with Crippen LogP contribution < -0.4 is 15.4 Å². The van der Waals surface area contributed by atoms with Crippen LogP contribution in [0.5, 0.6) is 11.5 Å². The lowest BCUT2D eigenvalue weighted by Gasteiger charge is -2.31. The van der Waals surface area contributed by atoms with E-state index in [2.05, 4.69) is 0 Å². The number of benzene rings is 2. The third-order valence-electron chi connectivity index (χ3n) is 3.82. The van der Waals surface area contributed by atoms with Crippen LogP contribution >= 0.6 is 0 Å². The number of para-hydroxylation sites is 2. The molecule has 0 aliphatic carbocycles. The number of rotatable bonds is 2. The topological polar surface area (TPSA) is 55.6 Å². The Morgan fingerprint density at radius 2 is 1.86 bits per heavy atom. The Balaban J connectivity index is 2.04. The fraction of sp³-hybridized carbons (Fsp3) is 0.235. The van der Waals surface area contributed by atoms with Crippen LogP contribution in [0.1, 0.15) is 11.1 Å². The number of amides is 1. The van der Waals surface area contributed by atoms with Crippen LogP contribution in [0.15, 0.2) is 42.5 Å². The van der Waals surface area contributed by atoms with Crippen LogP contribution in [0.3, 0.4) is 0 Å². The molecule has 108 valence electrons.